The lowest BCUT2D eigenvalue weighted by Crippen LogP contribution is -2.49. The first-order valence-corrected chi connectivity index (χ1v) is 12.4. The molecule has 0 aromatic heterocycles. The number of hydrogen-bond donors (Lipinski definition) is 2. The normalized spacial score (nSPS) is 15.1. The number of amides is 2. The van der Waals surface area contributed by atoms with Gasteiger partial charge in [-0.1, -0.05) is 44.2 Å². The van der Waals surface area contributed by atoms with Crippen molar-refractivity contribution in [2.24, 2.45) is 10.4 Å². The average Bonchev–Trinajstić information content (AvgIpc) is 2.84. The van der Waals surface area contributed by atoms with E-state index in [4.69, 9.17) is 9.47 Å². The Balaban J connectivity index is 1.77. The number of nitrogens with zero attached hydrogens (tertiary/aromatic N) is 3. The predicted octanol–water partition coefficient (Wildman–Crippen LogP) is 3.43. The molecule has 2 N–H and O–H groups in total. The van der Waals surface area contributed by atoms with Crippen LogP contribution in [0.4, 0.5) is 4.79 Å². The Kier molecular flexibility index (Phi) is 12.0. The van der Waals surface area contributed by atoms with Gasteiger partial charge >= 0.3 is 6.09 Å². The molecule has 1 heterocycles. The summed E-state index contributed by atoms with van der Waals surface area (Å²) in [6.07, 6.45) is 1.98. The number of nitrogens with one attached hydrogen (secondary N) is 2. The molecule has 1 aliphatic rings. The molecule has 1 atom stereocenters. The summed E-state index contributed by atoms with van der Waals surface area (Å²) in [6.45, 7) is 9.58. The van der Waals surface area contributed by atoms with E-state index in [0.29, 0.717) is 64.6 Å². The van der Waals surface area contributed by atoms with Crippen LogP contribution in [-0.2, 0) is 14.3 Å². The van der Waals surface area contributed by atoms with Gasteiger partial charge in [-0.3, -0.25) is 15.1 Å². The van der Waals surface area contributed by atoms with Crippen molar-refractivity contribution in [3.05, 3.63) is 35.9 Å². The second-order valence-electron chi connectivity index (χ2n) is 9.33. The number of benzene rings is 1. The summed E-state index contributed by atoms with van der Waals surface area (Å²) in [5.74, 6) is 0.314. The zero-order valence-corrected chi connectivity index (χ0v) is 21.2. The Morgan fingerprint density at radius 1 is 1.26 bits per heavy atom. The molecule has 2 amide bonds. The van der Waals surface area contributed by atoms with Gasteiger partial charge in [0.1, 0.15) is 0 Å². The van der Waals surface area contributed by atoms with E-state index in [0.717, 1.165) is 12.0 Å². The summed E-state index contributed by atoms with van der Waals surface area (Å²) in [4.78, 5) is 31.0. The van der Waals surface area contributed by atoms with Crippen LogP contribution >= 0.6 is 0 Å². The van der Waals surface area contributed by atoms with Crippen LogP contribution in [0.1, 0.15) is 57.9 Å². The first kappa shape index (κ1) is 28.1. The number of carbonyl (C=O) groups is 2. The van der Waals surface area contributed by atoms with Crippen LogP contribution in [0, 0.1) is 16.7 Å². The van der Waals surface area contributed by atoms with Crippen molar-refractivity contribution in [2.45, 2.75) is 52.4 Å². The summed E-state index contributed by atoms with van der Waals surface area (Å²) in [5, 5.41) is 15.1. The second kappa shape index (κ2) is 15.0. The fourth-order valence-electron chi connectivity index (χ4n) is 3.83. The largest absolute Gasteiger partial charge is 0.450 e. The van der Waals surface area contributed by atoms with Crippen molar-refractivity contribution in [2.75, 3.05) is 46.0 Å². The van der Waals surface area contributed by atoms with Crippen molar-refractivity contribution in [1.82, 2.24) is 15.5 Å². The van der Waals surface area contributed by atoms with Gasteiger partial charge in [-0.25, -0.2) is 4.79 Å². The van der Waals surface area contributed by atoms with Crippen LogP contribution in [0.5, 0.6) is 0 Å². The SMILES string of the molecule is CCOC(=O)NC(=NCCC(C)(C)CC(=O)NCCCC(C#N)c1ccccc1)N1CCOCC1. The van der Waals surface area contributed by atoms with E-state index in [1.54, 1.807) is 6.92 Å². The average molecular weight is 486 g/mol. The lowest BCUT2D eigenvalue weighted by atomic mass is 9.85. The molecular formula is C26H39N5O4. The number of nitriles is 1. The molecule has 0 spiro atoms. The topological polar surface area (TPSA) is 116 Å². The number of alkyl carbamates (subject to hydrolysis) is 1. The molecule has 0 aliphatic carbocycles. The molecule has 1 unspecified atom stereocenters. The first-order valence-electron chi connectivity index (χ1n) is 12.4. The summed E-state index contributed by atoms with van der Waals surface area (Å²) in [7, 11) is 0. The van der Waals surface area contributed by atoms with Gasteiger partial charge in [0.2, 0.25) is 11.9 Å². The molecule has 1 aromatic rings. The van der Waals surface area contributed by atoms with E-state index in [1.807, 2.05) is 49.1 Å². The van der Waals surface area contributed by atoms with Crippen LogP contribution in [0.3, 0.4) is 0 Å². The number of carbonyl (C=O) groups excluding carboxylic acids is 2. The highest BCUT2D eigenvalue weighted by atomic mass is 16.5. The fourth-order valence-corrected chi connectivity index (χ4v) is 3.83. The van der Waals surface area contributed by atoms with Crippen LogP contribution in [0.15, 0.2) is 35.3 Å². The molecule has 2 rings (SSSR count). The highest BCUT2D eigenvalue weighted by Gasteiger charge is 2.23. The van der Waals surface area contributed by atoms with Gasteiger partial charge in [0.15, 0.2) is 0 Å². The molecule has 1 fully saturated rings. The number of ether oxygens (including phenoxy) is 2. The minimum Gasteiger partial charge on any atom is -0.450 e. The number of guanidine groups is 1. The standard InChI is InChI=1S/C26H39N5O4/c1-4-35-25(33)30-24(31-15-17-34-18-16-31)29-14-12-26(2,3)19-23(32)28-13-8-11-22(20-27)21-9-6-5-7-10-21/h5-7,9-10,22H,4,8,11-19H2,1-3H3,(H,28,32)(H,29,30,33). The molecule has 9 heteroatoms. The molecule has 35 heavy (non-hydrogen) atoms. The third-order valence-electron chi connectivity index (χ3n) is 5.84. The Hall–Kier alpha value is -3.12. The Morgan fingerprint density at radius 2 is 1.97 bits per heavy atom. The molecule has 192 valence electrons. The molecular weight excluding hydrogens is 446 g/mol. The van der Waals surface area contributed by atoms with Crippen molar-refractivity contribution in [1.29, 1.82) is 5.26 Å². The van der Waals surface area contributed by atoms with E-state index < -0.39 is 6.09 Å². The number of aliphatic imine (C=N–C) groups is 1. The van der Waals surface area contributed by atoms with E-state index in [1.165, 1.54) is 0 Å². The summed E-state index contributed by atoms with van der Waals surface area (Å²) in [6, 6.07) is 12.1. The Labute approximate surface area is 208 Å². The van der Waals surface area contributed by atoms with E-state index >= 15 is 0 Å². The maximum atomic E-state index is 12.5. The van der Waals surface area contributed by atoms with Crippen LogP contribution in [0.2, 0.25) is 0 Å². The van der Waals surface area contributed by atoms with Gasteiger partial charge in [0, 0.05) is 32.6 Å². The van der Waals surface area contributed by atoms with Gasteiger partial charge in [-0.05, 0) is 37.2 Å². The molecule has 1 aromatic carbocycles. The minimum absolute atomic E-state index is 0.00903. The molecule has 0 saturated carbocycles. The fraction of sp³-hybridized carbons (Fsp3) is 0.615. The Bertz CT molecular complexity index is 860. The molecule has 0 bridgehead atoms. The van der Waals surface area contributed by atoms with Gasteiger partial charge in [0.25, 0.3) is 0 Å². The predicted molar refractivity (Wildman–Crippen MR) is 135 cm³/mol. The zero-order chi connectivity index (χ0) is 25.5. The number of morpholine rings is 1. The smallest absolute Gasteiger partial charge is 0.413 e. The maximum Gasteiger partial charge on any atom is 0.413 e. The summed E-state index contributed by atoms with van der Waals surface area (Å²) >= 11 is 0. The lowest BCUT2D eigenvalue weighted by Gasteiger charge is -2.30. The summed E-state index contributed by atoms with van der Waals surface area (Å²) < 4.78 is 10.4. The van der Waals surface area contributed by atoms with Crippen LogP contribution < -0.4 is 10.6 Å². The van der Waals surface area contributed by atoms with Gasteiger partial charge in [-0.2, -0.15) is 5.26 Å². The zero-order valence-electron chi connectivity index (χ0n) is 21.2. The van der Waals surface area contributed by atoms with Crippen molar-refractivity contribution < 1.29 is 19.1 Å². The molecule has 1 saturated heterocycles. The van der Waals surface area contributed by atoms with Crippen LogP contribution in [-0.4, -0.2) is 68.9 Å². The molecule has 9 nitrogen and oxygen atoms in total. The maximum absolute atomic E-state index is 12.5. The van der Waals surface area contributed by atoms with Gasteiger partial charge in [-0.15, -0.1) is 0 Å². The monoisotopic (exact) mass is 485 g/mol. The third kappa shape index (κ3) is 10.8. The molecule has 1 aliphatic heterocycles. The van der Waals surface area contributed by atoms with E-state index in [9.17, 15) is 14.9 Å². The molecule has 0 radical (unpaired) electrons. The number of rotatable bonds is 11. The lowest BCUT2D eigenvalue weighted by molar-refractivity contribution is -0.123. The minimum atomic E-state index is -0.526. The highest BCUT2D eigenvalue weighted by molar-refractivity contribution is 5.94. The summed E-state index contributed by atoms with van der Waals surface area (Å²) in [5.41, 5.74) is 0.754. The van der Waals surface area contributed by atoms with Gasteiger partial charge < -0.3 is 19.7 Å². The van der Waals surface area contributed by atoms with Crippen molar-refractivity contribution >= 4 is 18.0 Å². The quantitative estimate of drug-likeness (QED) is 0.282. The number of hydrogen-bond acceptors (Lipinski definition) is 6. The Morgan fingerprint density at radius 3 is 2.63 bits per heavy atom. The second-order valence-corrected chi connectivity index (χ2v) is 9.33. The van der Waals surface area contributed by atoms with E-state index in [-0.39, 0.29) is 23.8 Å². The highest BCUT2D eigenvalue weighted by Crippen LogP contribution is 2.25. The van der Waals surface area contributed by atoms with E-state index in [2.05, 4.69) is 21.7 Å². The van der Waals surface area contributed by atoms with Gasteiger partial charge in [0.05, 0.1) is 31.8 Å². The van der Waals surface area contributed by atoms with Crippen LogP contribution in [0.25, 0.3) is 0 Å². The third-order valence-corrected chi connectivity index (χ3v) is 5.84. The van der Waals surface area contributed by atoms with Crippen molar-refractivity contribution in [3.63, 3.8) is 0 Å². The first-order chi connectivity index (χ1) is 16.8. The van der Waals surface area contributed by atoms with Crippen molar-refractivity contribution in [3.8, 4) is 6.07 Å².